The van der Waals surface area contributed by atoms with E-state index in [9.17, 15) is 4.79 Å². The molecule has 0 aromatic rings. The van der Waals surface area contributed by atoms with Gasteiger partial charge >= 0.3 is 5.97 Å². The summed E-state index contributed by atoms with van der Waals surface area (Å²) in [5.41, 5.74) is -0.406. The summed E-state index contributed by atoms with van der Waals surface area (Å²) in [6.07, 6.45) is 0. The van der Waals surface area contributed by atoms with Crippen LogP contribution in [0.25, 0.3) is 0 Å². The minimum absolute atomic E-state index is 0.299. The normalized spacial score (nSPS) is 11.8. The molecule has 0 aliphatic rings. The maximum atomic E-state index is 10.8. The maximum Gasteiger partial charge on any atom is 0.331 e. The van der Waals surface area contributed by atoms with E-state index in [1.54, 1.807) is 0 Å². The molecule has 2 nitrogen and oxygen atoms in total. The van der Waals surface area contributed by atoms with Gasteiger partial charge in [-0.2, -0.15) is 0 Å². The van der Waals surface area contributed by atoms with E-state index in [1.165, 1.54) is 0 Å². The highest BCUT2D eigenvalue weighted by Crippen LogP contribution is 2.15. The zero-order valence-electron chi connectivity index (χ0n) is 6.15. The lowest BCUT2D eigenvalue weighted by molar-refractivity contribution is -0.151. The molecule has 0 saturated carbocycles. The first-order chi connectivity index (χ1) is 4.33. The lowest BCUT2D eigenvalue weighted by Crippen LogP contribution is -2.26. The molecule has 0 N–H and O–H groups in total. The highest BCUT2D eigenvalue weighted by atomic mass is 79.9. The molecule has 0 aromatic carbocycles. The van der Waals surface area contributed by atoms with Crippen molar-refractivity contribution in [3.8, 4) is 0 Å². The Hall–Kier alpha value is 0.430. The van der Waals surface area contributed by atoms with Crippen molar-refractivity contribution in [2.45, 2.75) is 30.1 Å². The summed E-state index contributed by atoms with van der Waals surface area (Å²) >= 11 is 6.07. The molecule has 0 atom stereocenters. The number of carbonyl (C=O) groups is 1. The average Bonchev–Trinajstić information content (AvgIpc) is 1.60. The summed E-state index contributed by atoms with van der Waals surface area (Å²) in [6, 6.07) is 0. The van der Waals surface area contributed by atoms with Crippen molar-refractivity contribution in [3.63, 3.8) is 0 Å². The SMILES string of the molecule is CC(C)(C)OC(=O)C(Br)Br. The summed E-state index contributed by atoms with van der Waals surface area (Å²) in [7, 11) is 0. The van der Waals surface area contributed by atoms with Gasteiger partial charge in [0.15, 0.2) is 3.74 Å². The summed E-state index contributed by atoms with van der Waals surface area (Å²) in [5, 5.41) is 0. The Bertz CT molecular complexity index is 126. The lowest BCUT2D eigenvalue weighted by atomic mass is 10.2. The second-order valence-electron chi connectivity index (χ2n) is 2.83. The van der Waals surface area contributed by atoms with Crippen LogP contribution in [0, 0.1) is 0 Å². The molecule has 0 amide bonds. The first kappa shape index (κ1) is 10.4. The van der Waals surface area contributed by atoms with E-state index < -0.39 is 9.34 Å². The van der Waals surface area contributed by atoms with E-state index in [0.29, 0.717) is 0 Å². The number of carbonyl (C=O) groups excluding carboxylic acids is 1. The van der Waals surface area contributed by atoms with Crippen molar-refractivity contribution in [3.05, 3.63) is 0 Å². The van der Waals surface area contributed by atoms with Gasteiger partial charge in [-0.3, -0.25) is 0 Å². The second kappa shape index (κ2) is 3.72. The fourth-order valence-electron chi connectivity index (χ4n) is 0.346. The Morgan fingerprint density at radius 1 is 1.40 bits per heavy atom. The molecular weight excluding hydrogens is 264 g/mol. The first-order valence-corrected chi connectivity index (χ1v) is 4.67. The third kappa shape index (κ3) is 5.23. The molecule has 4 heteroatoms. The standard InChI is InChI=1S/C6H10Br2O2/c1-6(2,3)10-5(9)4(7)8/h4H,1-3H3. The predicted octanol–water partition coefficient (Wildman–Crippen LogP) is 2.44. The van der Waals surface area contributed by atoms with Crippen molar-refractivity contribution < 1.29 is 9.53 Å². The number of ether oxygens (including phenoxy) is 1. The smallest absolute Gasteiger partial charge is 0.331 e. The van der Waals surface area contributed by atoms with Crippen LogP contribution in [0.1, 0.15) is 20.8 Å². The largest absolute Gasteiger partial charge is 0.458 e. The van der Waals surface area contributed by atoms with Crippen LogP contribution in [-0.2, 0) is 9.53 Å². The quantitative estimate of drug-likeness (QED) is 0.542. The zero-order chi connectivity index (χ0) is 8.36. The molecule has 0 bridgehead atoms. The van der Waals surface area contributed by atoms with Gasteiger partial charge in [0, 0.05) is 0 Å². The Kier molecular flexibility index (Phi) is 3.88. The predicted molar refractivity (Wildman–Crippen MR) is 47.5 cm³/mol. The third-order valence-corrected chi connectivity index (χ3v) is 1.33. The number of rotatable bonds is 1. The topological polar surface area (TPSA) is 26.3 Å². The monoisotopic (exact) mass is 272 g/mol. The molecular formula is C6H10Br2O2. The molecule has 0 heterocycles. The van der Waals surface area contributed by atoms with Crippen LogP contribution in [0.2, 0.25) is 0 Å². The van der Waals surface area contributed by atoms with Crippen LogP contribution in [0.15, 0.2) is 0 Å². The third-order valence-electron chi connectivity index (χ3n) is 0.585. The first-order valence-electron chi connectivity index (χ1n) is 2.84. The summed E-state index contributed by atoms with van der Waals surface area (Å²) < 4.78 is 4.56. The van der Waals surface area contributed by atoms with Crippen LogP contribution in [0.5, 0.6) is 0 Å². The molecule has 0 unspecified atom stereocenters. The molecule has 10 heavy (non-hydrogen) atoms. The van der Waals surface area contributed by atoms with Crippen LogP contribution in [0.3, 0.4) is 0 Å². The van der Waals surface area contributed by atoms with Crippen molar-refractivity contribution in [1.82, 2.24) is 0 Å². The molecule has 0 aliphatic heterocycles. The van der Waals surface area contributed by atoms with E-state index in [-0.39, 0.29) is 5.97 Å². The van der Waals surface area contributed by atoms with Gasteiger partial charge in [-0.25, -0.2) is 4.79 Å². The number of alkyl halides is 2. The highest BCUT2D eigenvalue weighted by Gasteiger charge is 2.20. The second-order valence-corrected chi connectivity index (χ2v) is 5.89. The lowest BCUT2D eigenvalue weighted by Gasteiger charge is -2.19. The number of hydrogen-bond acceptors (Lipinski definition) is 2. The van der Waals surface area contributed by atoms with E-state index in [4.69, 9.17) is 4.74 Å². The molecule has 0 rings (SSSR count). The van der Waals surface area contributed by atoms with Crippen molar-refractivity contribution in [2.24, 2.45) is 0 Å². The van der Waals surface area contributed by atoms with Crippen molar-refractivity contribution in [2.75, 3.05) is 0 Å². The maximum absolute atomic E-state index is 10.8. The molecule has 0 radical (unpaired) electrons. The van der Waals surface area contributed by atoms with Gasteiger partial charge in [0.2, 0.25) is 0 Å². The summed E-state index contributed by atoms with van der Waals surface area (Å²) in [4.78, 5) is 10.8. The van der Waals surface area contributed by atoms with Crippen LogP contribution >= 0.6 is 31.9 Å². The number of halogens is 2. The van der Waals surface area contributed by atoms with Crippen LogP contribution in [0.4, 0.5) is 0 Å². The molecule has 0 fully saturated rings. The molecule has 60 valence electrons. The van der Waals surface area contributed by atoms with Crippen molar-refractivity contribution in [1.29, 1.82) is 0 Å². The fraction of sp³-hybridized carbons (Fsp3) is 0.833. The zero-order valence-corrected chi connectivity index (χ0v) is 9.32. The fourth-order valence-corrected chi connectivity index (χ4v) is 0.533. The Morgan fingerprint density at radius 2 is 1.80 bits per heavy atom. The van der Waals surface area contributed by atoms with Crippen molar-refractivity contribution >= 4 is 37.8 Å². The van der Waals surface area contributed by atoms with Crippen LogP contribution in [-0.4, -0.2) is 15.3 Å². The van der Waals surface area contributed by atoms with Crippen LogP contribution < -0.4 is 0 Å². The Balaban J connectivity index is 3.81. The van der Waals surface area contributed by atoms with E-state index >= 15 is 0 Å². The molecule has 0 saturated heterocycles. The van der Waals surface area contributed by atoms with Gasteiger partial charge < -0.3 is 4.74 Å². The highest BCUT2D eigenvalue weighted by molar-refractivity contribution is 9.25. The minimum atomic E-state index is -0.406. The number of hydrogen-bond donors (Lipinski definition) is 0. The van der Waals surface area contributed by atoms with Gasteiger partial charge in [0.1, 0.15) is 5.60 Å². The molecule has 0 aliphatic carbocycles. The van der Waals surface area contributed by atoms with Gasteiger partial charge in [0.05, 0.1) is 0 Å². The summed E-state index contributed by atoms with van der Waals surface area (Å²) in [5.74, 6) is -0.299. The van der Waals surface area contributed by atoms with Gasteiger partial charge in [-0.1, -0.05) is 31.9 Å². The Labute approximate surface area is 77.6 Å². The Morgan fingerprint density at radius 3 is 1.90 bits per heavy atom. The van der Waals surface area contributed by atoms with E-state index in [1.807, 2.05) is 20.8 Å². The molecule has 0 aromatic heterocycles. The minimum Gasteiger partial charge on any atom is -0.458 e. The average molecular weight is 274 g/mol. The van der Waals surface area contributed by atoms with Gasteiger partial charge in [-0.15, -0.1) is 0 Å². The summed E-state index contributed by atoms with van der Waals surface area (Å²) in [6.45, 7) is 5.48. The number of esters is 1. The molecule has 0 spiro atoms. The van der Waals surface area contributed by atoms with Gasteiger partial charge in [0.25, 0.3) is 0 Å². The van der Waals surface area contributed by atoms with Gasteiger partial charge in [-0.05, 0) is 20.8 Å². The van der Waals surface area contributed by atoms with E-state index in [2.05, 4.69) is 31.9 Å². The van der Waals surface area contributed by atoms with E-state index in [0.717, 1.165) is 0 Å².